The Kier molecular flexibility index (Phi) is 1.92. The number of aliphatic hydroxyl groups excluding tert-OH is 1. The zero-order chi connectivity index (χ0) is 5.91. The second-order valence-corrected chi connectivity index (χ2v) is 1.38. The lowest BCUT2D eigenvalue weighted by atomic mass is 10.2. The van der Waals surface area contributed by atoms with Crippen LogP contribution in [-0.4, -0.2) is 22.1 Å². The maximum atomic E-state index is 9.49. The maximum Gasteiger partial charge on any atom is 0.235 e. The van der Waals surface area contributed by atoms with E-state index < -0.39 is 5.60 Å². The zero-order valence-electron chi connectivity index (χ0n) is 3.88. The van der Waals surface area contributed by atoms with Crippen molar-refractivity contribution < 1.29 is 15.0 Å². The van der Waals surface area contributed by atoms with Crippen molar-refractivity contribution in [3.63, 3.8) is 0 Å². The largest absolute Gasteiger partial charge is 0.387 e. The Labute approximate surface area is 41.6 Å². The van der Waals surface area contributed by atoms with Crippen molar-refractivity contribution in [2.45, 2.75) is 12.5 Å². The summed E-state index contributed by atoms with van der Waals surface area (Å²) in [6.07, 6.45) is 1.19. The molecule has 0 aromatic carbocycles. The van der Waals surface area contributed by atoms with Crippen molar-refractivity contribution in [2.75, 3.05) is 0 Å². The first-order valence-electron chi connectivity index (χ1n) is 1.72. The molecule has 0 aromatic rings. The Morgan fingerprint density at radius 2 is 2.29 bits per heavy atom. The lowest BCUT2D eigenvalue weighted by molar-refractivity contribution is 0.105. The smallest absolute Gasteiger partial charge is 0.235 e. The van der Waals surface area contributed by atoms with E-state index in [-0.39, 0.29) is 0 Å². The van der Waals surface area contributed by atoms with Gasteiger partial charge in [0, 0.05) is 0 Å². The van der Waals surface area contributed by atoms with Crippen LogP contribution in [0.15, 0.2) is 0 Å². The summed E-state index contributed by atoms with van der Waals surface area (Å²) < 4.78 is 0. The summed E-state index contributed by atoms with van der Waals surface area (Å²) in [5.41, 5.74) is -1.79. The van der Waals surface area contributed by atoms with Crippen LogP contribution in [0, 0.1) is 6.61 Å². The summed E-state index contributed by atoms with van der Waals surface area (Å²) in [6, 6.07) is 0. The van der Waals surface area contributed by atoms with Gasteiger partial charge < -0.3 is 10.2 Å². The highest BCUT2D eigenvalue weighted by molar-refractivity contribution is 5.63. The molecule has 1 unspecified atom stereocenters. The van der Waals surface area contributed by atoms with Gasteiger partial charge in [0.2, 0.25) is 6.29 Å². The molecule has 0 saturated heterocycles. The van der Waals surface area contributed by atoms with Crippen LogP contribution in [-0.2, 0) is 4.79 Å². The lowest BCUT2D eigenvalue weighted by Crippen LogP contribution is -2.25. The third-order valence-corrected chi connectivity index (χ3v) is 0.458. The SMILES string of the molecule is CC(O)([C]=O)[CH]O. The van der Waals surface area contributed by atoms with E-state index in [4.69, 9.17) is 10.2 Å². The van der Waals surface area contributed by atoms with Gasteiger partial charge in [-0.25, -0.2) is 0 Å². The predicted octanol–water partition coefficient (Wildman–Crippen LogP) is -0.619. The van der Waals surface area contributed by atoms with Crippen LogP contribution in [0.4, 0.5) is 0 Å². The minimum Gasteiger partial charge on any atom is -0.387 e. The molecule has 0 aliphatic heterocycles. The van der Waals surface area contributed by atoms with Gasteiger partial charge in [-0.1, -0.05) is 0 Å². The van der Waals surface area contributed by atoms with Crippen molar-refractivity contribution in [3.8, 4) is 0 Å². The second kappa shape index (κ2) is 2.04. The van der Waals surface area contributed by atoms with E-state index in [9.17, 15) is 4.79 Å². The molecular weight excluding hydrogens is 96.0 g/mol. The van der Waals surface area contributed by atoms with E-state index in [0.717, 1.165) is 6.92 Å². The third-order valence-electron chi connectivity index (χ3n) is 0.458. The summed E-state index contributed by atoms with van der Waals surface area (Å²) in [5.74, 6) is 0. The van der Waals surface area contributed by atoms with E-state index in [1.807, 2.05) is 0 Å². The van der Waals surface area contributed by atoms with Crippen LogP contribution in [0.3, 0.4) is 0 Å². The molecule has 0 aliphatic carbocycles. The Hall–Kier alpha value is -0.410. The molecule has 0 amide bonds. The molecule has 0 saturated carbocycles. The fraction of sp³-hybridized carbons (Fsp3) is 0.500. The van der Waals surface area contributed by atoms with Crippen LogP contribution < -0.4 is 0 Å². The lowest BCUT2D eigenvalue weighted by Gasteiger charge is -2.06. The highest BCUT2D eigenvalue weighted by Crippen LogP contribution is 1.97. The Morgan fingerprint density at radius 3 is 2.29 bits per heavy atom. The second-order valence-electron chi connectivity index (χ2n) is 1.38. The number of rotatable bonds is 2. The van der Waals surface area contributed by atoms with E-state index in [0.29, 0.717) is 6.61 Å². The van der Waals surface area contributed by atoms with Gasteiger partial charge in [-0.3, -0.25) is 4.79 Å². The number of carbonyl (C=O) groups excluding carboxylic acids is 1. The first-order chi connectivity index (χ1) is 3.12. The van der Waals surface area contributed by atoms with Crippen LogP contribution >= 0.6 is 0 Å². The minimum atomic E-state index is -1.79. The minimum absolute atomic E-state index is 0.375. The van der Waals surface area contributed by atoms with Crippen LogP contribution in [0.25, 0.3) is 0 Å². The fourth-order valence-electron chi connectivity index (χ4n) is 0.0264. The zero-order valence-corrected chi connectivity index (χ0v) is 3.88. The molecule has 7 heavy (non-hydrogen) atoms. The van der Waals surface area contributed by atoms with E-state index in [1.54, 1.807) is 0 Å². The van der Waals surface area contributed by atoms with Gasteiger partial charge in [-0.05, 0) is 6.92 Å². The van der Waals surface area contributed by atoms with Gasteiger partial charge >= 0.3 is 0 Å². The molecule has 3 heteroatoms. The van der Waals surface area contributed by atoms with Gasteiger partial charge in [0.1, 0.15) is 6.61 Å². The monoisotopic (exact) mass is 102 g/mol. The van der Waals surface area contributed by atoms with Gasteiger partial charge in [0.25, 0.3) is 0 Å². The van der Waals surface area contributed by atoms with E-state index in [2.05, 4.69) is 0 Å². The van der Waals surface area contributed by atoms with Crippen molar-refractivity contribution >= 4 is 6.29 Å². The molecule has 3 nitrogen and oxygen atoms in total. The predicted molar refractivity (Wildman–Crippen MR) is 22.6 cm³/mol. The molecule has 0 fully saturated rings. The molecule has 0 aromatic heterocycles. The Bertz CT molecular complexity index is 67.3. The number of hydrogen-bond donors (Lipinski definition) is 2. The summed E-state index contributed by atoms with van der Waals surface area (Å²) in [5, 5.41) is 16.4. The number of hydrogen-bond acceptors (Lipinski definition) is 3. The van der Waals surface area contributed by atoms with Crippen LogP contribution in [0.5, 0.6) is 0 Å². The highest BCUT2D eigenvalue weighted by atomic mass is 16.3. The molecule has 40 valence electrons. The van der Waals surface area contributed by atoms with Gasteiger partial charge in [-0.2, -0.15) is 0 Å². The molecule has 0 heterocycles. The summed E-state index contributed by atoms with van der Waals surface area (Å²) in [4.78, 5) is 9.49. The van der Waals surface area contributed by atoms with Gasteiger partial charge in [0.15, 0.2) is 5.60 Å². The molecule has 1 atom stereocenters. The average molecular weight is 102 g/mol. The molecular formula is C4H6O3. The molecule has 0 spiro atoms. The maximum absolute atomic E-state index is 9.49. The molecule has 0 aliphatic rings. The quantitative estimate of drug-likeness (QED) is 0.488. The average Bonchev–Trinajstić information content (AvgIpc) is 1.68. The normalized spacial score (nSPS) is 18.1. The van der Waals surface area contributed by atoms with E-state index >= 15 is 0 Å². The molecule has 2 N–H and O–H groups in total. The summed E-state index contributed by atoms with van der Waals surface area (Å²) in [7, 11) is 0. The van der Waals surface area contributed by atoms with Gasteiger partial charge in [0.05, 0.1) is 0 Å². The van der Waals surface area contributed by atoms with Crippen LogP contribution in [0.1, 0.15) is 6.92 Å². The molecule has 0 rings (SSSR count). The summed E-state index contributed by atoms with van der Waals surface area (Å²) >= 11 is 0. The molecule has 0 bridgehead atoms. The van der Waals surface area contributed by atoms with Crippen LogP contribution in [0.2, 0.25) is 0 Å². The van der Waals surface area contributed by atoms with Crippen molar-refractivity contribution in [3.05, 3.63) is 6.61 Å². The molecule has 2 radical (unpaired) electrons. The number of aliphatic hydroxyl groups is 2. The topological polar surface area (TPSA) is 57.5 Å². The van der Waals surface area contributed by atoms with Gasteiger partial charge in [-0.15, -0.1) is 0 Å². The highest BCUT2D eigenvalue weighted by Gasteiger charge is 2.18. The fourth-order valence-corrected chi connectivity index (χ4v) is 0.0264. The summed E-state index contributed by atoms with van der Waals surface area (Å²) in [6.45, 7) is 1.50. The standard InChI is InChI=1S/C4H6O3/c1-4(7,2-5)3-6/h2,5,7H,1H3. The first kappa shape index (κ1) is 6.59. The van der Waals surface area contributed by atoms with Crippen molar-refractivity contribution in [2.24, 2.45) is 0 Å². The van der Waals surface area contributed by atoms with E-state index in [1.165, 1.54) is 6.29 Å². The third kappa shape index (κ3) is 2.31. The van der Waals surface area contributed by atoms with Crippen molar-refractivity contribution in [1.29, 1.82) is 0 Å². The van der Waals surface area contributed by atoms with Crippen molar-refractivity contribution in [1.82, 2.24) is 0 Å². The Morgan fingerprint density at radius 1 is 1.86 bits per heavy atom. The first-order valence-corrected chi connectivity index (χ1v) is 1.72. The Balaban J connectivity index is 3.58.